The molecule has 0 aliphatic carbocycles. The summed E-state index contributed by atoms with van der Waals surface area (Å²) < 4.78 is 14.0. The van der Waals surface area contributed by atoms with Crippen LogP contribution in [0.3, 0.4) is 0 Å². The molecule has 0 radical (unpaired) electrons. The summed E-state index contributed by atoms with van der Waals surface area (Å²) in [5.74, 6) is -0.161. The number of hydrogen-bond acceptors (Lipinski definition) is 1. The van der Waals surface area contributed by atoms with E-state index in [4.69, 9.17) is 0 Å². The predicted octanol–water partition coefficient (Wildman–Crippen LogP) is 2.88. The summed E-state index contributed by atoms with van der Waals surface area (Å²) in [5.41, 5.74) is 3.01. The number of nitrogens with one attached hydrogen (secondary N) is 1. The zero-order chi connectivity index (χ0) is 10.1. The molecule has 1 aromatic rings. The molecule has 0 bridgehead atoms. The van der Waals surface area contributed by atoms with E-state index in [1.165, 1.54) is 5.57 Å². The summed E-state index contributed by atoms with van der Waals surface area (Å²) in [5, 5.41) is 3.16. The molecule has 14 heavy (non-hydrogen) atoms. The average molecular weight is 256 g/mol. The molecule has 0 spiro atoms. The van der Waals surface area contributed by atoms with Gasteiger partial charge in [0.05, 0.1) is 4.47 Å². The van der Waals surface area contributed by atoms with Gasteiger partial charge in [-0.3, -0.25) is 0 Å². The smallest absolute Gasteiger partial charge is 0.140 e. The minimum absolute atomic E-state index is 0.161. The highest BCUT2D eigenvalue weighted by atomic mass is 79.9. The monoisotopic (exact) mass is 255 g/mol. The van der Waals surface area contributed by atoms with Gasteiger partial charge in [-0.1, -0.05) is 12.1 Å². The van der Waals surface area contributed by atoms with Crippen molar-refractivity contribution in [2.75, 3.05) is 13.1 Å². The lowest BCUT2D eigenvalue weighted by Gasteiger charge is -2.19. The lowest BCUT2D eigenvalue weighted by Crippen LogP contribution is -2.33. The maximum absolute atomic E-state index is 13.5. The first-order chi connectivity index (χ1) is 6.68. The SMILES string of the molecule is Cc1c(C=C2CNC2)ccc(Br)c1F. The predicted molar refractivity (Wildman–Crippen MR) is 59.7 cm³/mol. The quantitative estimate of drug-likeness (QED) is 0.814. The Labute approximate surface area is 91.1 Å². The summed E-state index contributed by atoms with van der Waals surface area (Å²) in [4.78, 5) is 0. The summed E-state index contributed by atoms with van der Waals surface area (Å²) in [6, 6.07) is 3.69. The third-order valence-electron chi connectivity index (χ3n) is 2.44. The maximum Gasteiger partial charge on any atom is 0.140 e. The van der Waals surface area contributed by atoms with E-state index in [2.05, 4.69) is 27.3 Å². The second kappa shape index (κ2) is 3.83. The van der Waals surface area contributed by atoms with Gasteiger partial charge in [-0.15, -0.1) is 0 Å². The summed E-state index contributed by atoms with van der Waals surface area (Å²) >= 11 is 3.17. The van der Waals surface area contributed by atoms with Gasteiger partial charge in [0.15, 0.2) is 0 Å². The van der Waals surface area contributed by atoms with Gasteiger partial charge in [0.2, 0.25) is 0 Å². The molecule has 1 N–H and O–H groups in total. The highest BCUT2D eigenvalue weighted by molar-refractivity contribution is 9.10. The van der Waals surface area contributed by atoms with E-state index in [-0.39, 0.29) is 5.82 Å². The number of halogens is 2. The van der Waals surface area contributed by atoms with Gasteiger partial charge in [0.25, 0.3) is 0 Å². The van der Waals surface area contributed by atoms with E-state index in [1.54, 1.807) is 13.0 Å². The van der Waals surface area contributed by atoms with Crippen LogP contribution in [0.1, 0.15) is 11.1 Å². The van der Waals surface area contributed by atoms with Crippen molar-refractivity contribution in [3.05, 3.63) is 39.1 Å². The van der Waals surface area contributed by atoms with Crippen molar-refractivity contribution in [3.63, 3.8) is 0 Å². The zero-order valence-electron chi connectivity index (χ0n) is 7.90. The highest BCUT2D eigenvalue weighted by Gasteiger charge is 2.10. The second-order valence-electron chi connectivity index (χ2n) is 3.48. The molecule has 74 valence electrons. The van der Waals surface area contributed by atoms with Gasteiger partial charge in [-0.2, -0.15) is 0 Å². The van der Waals surface area contributed by atoms with E-state index in [1.807, 2.05) is 6.07 Å². The first-order valence-electron chi connectivity index (χ1n) is 4.53. The number of hydrogen-bond donors (Lipinski definition) is 1. The molecule has 0 saturated carbocycles. The van der Waals surface area contributed by atoms with E-state index in [0.717, 1.165) is 18.7 Å². The molecule has 1 nitrogen and oxygen atoms in total. The molecule has 1 heterocycles. The molecule has 0 atom stereocenters. The van der Waals surface area contributed by atoms with Gasteiger partial charge in [-0.25, -0.2) is 4.39 Å². The van der Waals surface area contributed by atoms with Crippen molar-refractivity contribution in [1.82, 2.24) is 5.32 Å². The fraction of sp³-hybridized carbons (Fsp3) is 0.273. The Balaban J connectivity index is 2.39. The van der Waals surface area contributed by atoms with Crippen molar-refractivity contribution >= 4 is 22.0 Å². The van der Waals surface area contributed by atoms with Crippen LogP contribution in [0.5, 0.6) is 0 Å². The van der Waals surface area contributed by atoms with Crippen LogP contribution in [0.4, 0.5) is 4.39 Å². The van der Waals surface area contributed by atoms with Gasteiger partial charge in [0.1, 0.15) is 5.82 Å². The Kier molecular flexibility index (Phi) is 2.70. The van der Waals surface area contributed by atoms with Gasteiger partial charge in [0, 0.05) is 13.1 Å². The second-order valence-corrected chi connectivity index (χ2v) is 4.34. The number of benzene rings is 1. The molecule has 1 fully saturated rings. The molecular formula is C11H11BrFN. The summed E-state index contributed by atoms with van der Waals surface area (Å²) in [6.07, 6.45) is 2.06. The first-order valence-corrected chi connectivity index (χ1v) is 5.32. The molecule has 0 unspecified atom stereocenters. The lowest BCUT2D eigenvalue weighted by atomic mass is 10.0. The molecule has 1 aliphatic heterocycles. The molecule has 1 aromatic carbocycles. The fourth-order valence-corrected chi connectivity index (χ4v) is 1.84. The van der Waals surface area contributed by atoms with Crippen LogP contribution in [0, 0.1) is 12.7 Å². The van der Waals surface area contributed by atoms with E-state index in [0.29, 0.717) is 10.0 Å². The normalized spacial score (nSPS) is 15.2. The Morgan fingerprint density at radius 2 is 2.14 bits per heavy atom. The van der Waals surface area contributed by atoms with Crippen LogP contribution in [0.25, 0.3) is 6.08 Å². The minimum atomic E-state index is -0.161. The van der Waals surface area contributed by atoms with Crippen molar-refractivity contribution < 1.29 is 4.39 Å². The Morgan fingerprint density at radius 1 is 1.43 bits per heavy atom. The van der Waals surface area contributed by atoms with E-state index >= 15 is 0 Å². The van der Waals surface area contributed by atoms with Crippen molar-refractivity contribution in [2.45, 2.75) is 6.92 Å². The highest BCUT2D eigenvalue weighted by Crippen LogP contribution is 2.23. The lowest BCUT2D eigenvalue weighted by molar-refractivity contribution is 0.611. The van der Waals surface area contributed by atoms with E-state index < -0.39 is 0 Å². The van der Waals surface area contributed by atoms with Crippen LogP contribution in [-0.2, 0) is 0 Å². The van der Waals surface area contributed by atoms with Crippen molar-refractivity contribution in [2.24, 2.45) is 0 Å². The first kappa shape index (κ1) is 9.87. The van der Waals surface area contributed by atoms with Crippen LogP contribution in [0.2, 0.25) is 0 Å². The molecule has 2 rings (SSSR count). The molecule has 0 amide bonds. The molecule has 1 aliphatic rings. The van der Waals surface area contributed by atoms with Crippen LogP contribution in [0.15, 0.2) is 22.2 Å². The van der Waals surface area contributed by atoms with Gasteiger partial charge < -0.3 is 5.32 Å². The van der Waals surface area contributed by atoms with Crippen LogP contribution in [-0.4, -0.2) is 13.1 Å². The number of rotatable bonds is 1. The van der Waals surface area contributed by atoms with Crippen molar-refractivity contribution in [1.29, 1.82) is 0 Å². The Hall–Kier alpha value is -0.670. The molecule has 0 aromatic heterocycles. The zero-order valence-corrected chi connectivity index (χ0v) is 9.49. The third kappa shape index (κ3) is 1.74. The van der Waals surface area contributed by atoms with Gasteiger partial charge >= 0.3 is 0 Å². The third-order valence-corrected chi connectivity index (χ3v) is 3.06. The summed E-state index contributed by atoms with van der Waals surface area (Å²) in [7, 11) is 0. The van der Waals surface area contributed by atoms with E-state index in [9.17, 15) is 4.39 Å². The molecule has 1 saturated heterocycles. The van der Waals surface area contributed by atoms with Crippen molar-refractivity contribution in [3.8, 4) is 0 Å². The summed E-state index contributed by atoms with van der Waals surface area (Å²) in [6.45, 7) is 3.66. The molecule has 3 heteroatoms. The Morgan fingerprint density at radius 3 is 2.71 bits per heavy atom. The van der Waals surface area contributed by atoms with Crippen LogP contribution < -0.4 is 5.32 Å². The maximum atomic E-state index is 13.5. The topological polar surface area (TPSA) is 12.0 Å². The minimum Gasteiger partial charge on any atom is -0.309 e. The molecular weight excluding hydrogens is 245 g/mol. The Bertz CT molecular complexity index is 393. The standard InChI is InChI=1S/C11H11BrFN/c1-7-9(4-8-5-14-6-8)2-3-10(12)11(7)13/h2-4,14H,5-6H2,1H3. The fourth-order valence-electron chi connectivity index (χ4n) is 1.41. The largest absolute Gasteiger partial charge is 0.309 e. The van der Waals surface area contributed by atoms with Crippen LogP contribution >= 0.6 is 15.9 Å². The average Bonchev–Trinajstić information content (AvgIpc) is 2.10. The van der Waals surface area contributed by atoms with Gasteiger partial charge in [-0.05, 0) is 45.6 Å².